The molecule has 0 fully saturated rings. The average Bonchev–Trinajstić information content (AvgIpc) is 3.27. The first kappa shape index (κ1) is 40.9. The first-order valence-electron chi connectivity index (χ1n) is 21.9. The van der Waals surface area contributed by atoms with E-state index in [0.717, 1.165) is 71.4 Å². The smallest absolute Gasteiger partial charge is 0.312 e. The number of hydrogen-bond acceptors (Lipinski definition) is 3. The van der Waals surface area contributed by atoms with Gasteiger partial charge in [0.05, 0.1) is 16.8 Å². The summed E-state index contributed by atoms with van der Waals surface area (Å²) in [7, 11) is 0. The van der Waals surface area contributed by atoms with Gasteiger partial charge >= 0.3 is 12.4 Å². The van der Waals surface area contributed by atoms with E-state index in [2.05, 4.69) is 107 Å². The number of halogens is 6. The van der Waals surface area contributed by atoms with E-state index in [4.69, 9.17) is 0 Å². The third-order valence-corrected chi connectivity index (χ3v) is 14.8. The Hall–Kier alpha value is -5.80. The van der Waals surface area contributed by atoms with Crippen LogP contribution in [-0.2, 0) is 12.4 Å². The van der Waals surface area contributed by atoms with Crippen LogP contribution in [0.15, 0.2) is 137 Å². The molecule has 4 aliphatic heterocycles. The van der Waals surface area contributed by atoms with E-state index in [-0.39, 0.29) is 41.3 Å². The van der Waals surface area contributed by atoms with Gasteiger partial charge in [-0.05, 0) is 110 Å². The van der Waals surface area contributed by atoms with Gasteiger partial charge in [-0.3, -0.25) is 0 Å². The second kappa shape index (κ2) is 14.4. The van der Waals surface area contributed by atoms with E-state index in [1.54, 1.807) is 47.0 Å². The maximum atomic E-state index is 15.9. The minimum absolute atomic E-state index is 0.0830. The van der Waals surface area contributed by atoms with Crippen molar-refractivity contribution in [3.05, 3.63) is 155 Å². The highest BCUT2D eigenvalue weighted by molar-refractivity contribution is 8.00. The van der Waals surface area contributed by atoms with Gasteiger partial charge in [0.2, 0.25) is 6.71 Å². The molecule has 11 heteroatoms. The summed E-state index contributed by atoms with van der Waals surface area (Å²) in [6.07, 6.45) is -10.2. The van der Waals surface area contributed by atoms with E-state index < -0.39 is 30.2 Å². The van der Waals surface area contributed by atoms with Crippen molar-refractivity contribution in [1.82, 2.24) is 0 Å². The molecular formula is C53H42B2F6N2S. The third-order valence-electron chi connectivity index (χ3n) is 13.7. The molecule has 0 atom stereocenters. The van der Waals surface area contributed by atoms with E-state index in [1.165, 1.54) is 11.0 Å². The molecule has 0 N–H and O–H groups in total. The fourth-order valence-electron chi connectivity index (χ4n) is 10.6. The molecule has 0 bridgehead atoms. The summed E-state index contributed by atoms with van der Waals surface area (Å²) >= 11 is 1.60. The largest absolute Gasteiger partial charge is 0.418 e. The number of hydrogen-bond donors (Lipinski definition) is 0. The van der Waals surface area contributed by atoms with E-state index in [9.17, 15) is 13.2 Å². The second-order valence-corrected chi connectivity index (χ2v) is 19.5. The highest BCUT2D eigenvalue weighted by Gasteiger charge is 2.52. The van der Waals surface area contributed by atoms with Gasteiger partial charge in [0.15, 0.2) is 0 Å². The number of nitrogens with zero attached hydrogens (tertiary/aromatic N) is 2. The summed E-state index contributed by atoms with van der Waals surface area (Å²) in [5, 5.41) is 0. The Bertz CT molecular complexity index is 3090. The fraction of sp³-hybridized carbons (Fsp3) is 0.208. The minimum atomic E-state index is -5.16. The SMILES string of the molecule is CC(C)c1ccc2c(c1)B1c3cc(C(C)C)ccc3N3c4ccc(C(C)C)cc4B4c5ccccc5Sc5cc(c1c3c54)N2c1c(-c2ccccc2)cc(C(F)(F)F)cc1C(F)(F)F. The molecule has 7 aromatic carbocycles. The lowest BCUT2D eigenvalue weighted by Crippen LogP contribution is -2.68. The molecule has 0 saturated heterocycles. The fourth-order valence-corrected chi connectivity index (χ4v) is 11.7. The number of anilines is 6. The zero-order valence-electron chi connectivity index (χ0n) is 36.1. The van der Waals surface area contributed by atoms with E-state index in [0.29, 0.717) is 17.4 Å². The van der Waals surface area contributed by atoms with Gasteiger partial charge in [0.1, 0.15) is 0 Å². The van der Waals surface area contributed by atoms with Crippen LogP contribution in [0.25, 0.3) is 11.1 Å². The van der Waals surface area contributed by atoms with Gasteiger partial charge in [-0.25, -0.2) is 0 Å². The van der Waals surface area contributed by atoms with Crippen molar-refractivity contribution < 1.29 is 26.3 Å². The molecule has 0 amide bonds. The van der Waals surface area contributed by atoms with Crippen LogP contribution in [0.1, 0.15) is 87.1 Å². The highest BCUT2D eigenvalue weighted by Crippen LogP contribution is 2.54. The highest BCUT2D eigenvalue weighted by atomic mass is 32.2. The van der Waals surface area contributed by atoms with Crippen LogP contribution in [0.3, 0.4) is 0 Å². The summed E-state index contributed by atoms with van der Waals surface area (Å²) in [5.41, 5.74) is 10.5. The molecule has 0 saturated carbocycles. The summed E-state index contributed by atoms with van der Waals surface area (Å²) in [4.78, 5) is 5.94. The monoisotopic (exact) mass is 874 g/mol. The van der Waals surface area contributed by atoms with Crippen LogP contribution < -0.4 is 42.6 Å². The predicted molar refractivity (Wildman–Crippen MR) is 253 cm³/mol. The van der Waals surface area contributed by atoms with Crippen molar-refractivity contribution in [2.75, 3.05) is 9.80 Å². The standard InChI is InChI=1S/C53H42B2F6N2S/c1-28(2)32-16-19-42-39(22-32)54-38-14-10-11-15-46(38)64-47-27-45-48-51(49(47)54)62(42)43-20-17-33(29(3)4)23-40(43)55(48)41-24-34(30(5)6)18-21-44(41)63(45)50-36(31-12-8-7-9-13-31)25-35(52(56,57)58)26-37(50)53(59,60)61/h7-30H,1-6H3. The van der Waals surface area contributed by atoms with Crippen LogP contribution in [0.4, 0.5) is 60.5 Å². The minimum Gasteiger partial charge on any atom is -0.312 e. The molecule has 4 aliphatic rings. The maximum Gasteiger partial charge on any atom is 0.418 e. The molecule has 4 heterocycles. The molecule has 11 rings (SSSR count). The van der Waals surface area contributed by atoms with Crippen LogP contribution in [0.2, 0.25) is 0 Å². The van der Waals surface area contributed by atoms with Crippen LogP contribution in [-0.4, -0.2) is 13.4 Å². The van der Waals surface area contributed by atoms with Crippen molar-refractivity contribution in [2.45, 2.75) is 81.4 Å². The van der Waals surface area contributed by atoms with Crippen LogP contribution >= 0.6 is 11.8 Å². The molecule has 7 aromatic rings. The summed E-state index contributed by atoms with van der Waals surface area (Å²) in [6.45, 7) is 12.3. The molecule has 2 nitrogen and oxygen atoms in total. The van der Waals surface area contributed by atoms with Gasteiger partial charge < -0.3 is 9.80 Å². The number of alkyl halides is 6. The molecule has 318 valence electrons. The summed E-state index contributed by atoms with van der Waals surface area (Å²) in [5.74, 6) is 0.533. The Labute approximate surface area is 374 Å². The van der Waals surface area contributed by atoms with Gasteiger partial charge in [-0.1, -0.05) is 144 Å². The lowest BCUT2D eigenvalue weighted by atomic mass is 9.29. The Morgan fingerprint density at radius 3 is 1.47 bits per heavy atom. The average molecular weight is 875 g/mol. The Kier molecular flexibility index (Phi) is 9.18. The molecule has 0 radical (unpaired) electrons. The molecule has 0 unspecified atom stereocenters. The van der Waals surface area contributed by atoms with Crippen molar-refractivity contribution in [3.8, 4) is 11.1 Å². The molecule has 64 heavy (non-hydrogen) atoms. The second-order valence-electron chi connectivity index (χ2n) is 18.4. The van der Waals surface area contributed by atoms with Gasteiger partial charge in [-0.15, -0.1) is 0 Å². The normalized spacial score (nSPS) is 14.5. The van der Waals surface area contributed by atoms with E-state index >= 15 is 13.2 Å². The van der Waals surface area contributed by atoms with Crippen LogP contribution in [0, 0.1) is 0 Å². The Balaban J connectivity index is 1.34. The van der Waals surface area contributed by atoms with Gasteiger partial charge in [0, 0.05) is 43.8 Å². The van der Waals surface area contributed by atoms with Crippen molar-refractivity contribution in [1.29, 1.82) is 0 Å². The Morgan fingerprint density at radius 2 is 0.953 bits per heavy atom. The zero-order valence-corrected chi connectivity index (χ0v) is 36.9. The van der Waals surface area contributed by atoms with Gasteiger partial charge in [0.25, 0.3) is 6.71 Å². The van der Waals surface area contributed by atoms with Crippen molar-refractivity contribution >= 4 is 92.1 Å². The number of fused-ring (bicyclic) bond motifs is 10. The lowest BCUT2D eigenvalue weighted by molar-refractivity contribution is -0.142. The predicted octanol–water partition coefficient (Wildman–Crippen LogP) is 12.1. The lowest BCUT2D eigenvalue weighted by Gasteiger charge is -2.50. The molecular weight excluding hydrogens is 832 g/mol. The topological polar surface area (TPSA) is 6.48 Å². The quantitative estimate of drug-likeness (QED) is 0.126. The number of rotatable bonds is 5. The zero-order chi connectivity index (χ0) is 44.7. The summed E-state index contributed by atoms with van der Waals surface area (Å²) in [6, 6.07) is 39.1. The maximum absolute atomic E-state index is 15.9. The Morgan fingerprint density at radius 1 is 0.453 bits per heavy atom. The van der Waals surface area contributed by atoms with Crippen molar-refractivity contribution in [2.24, 2.45) is 0 Å². The molecule has 0 spiro atoms. The first-order valence-corrected chi connectivity index (χ1v) is 22.7. The number of benzene rings is 7. The van der Waals surface area contributed by atoms with E-state index in [1.807, 2.05) is 24.3 Å². The van der Waals surface area contributed by atoms with Crippen LogP contribution in [0.5, 0.6) is 0 Å². The van der Waals surface area contributed by atoms with Crippen molar-refractivity contribution in [3.63, 3.8) is 0 Å². The molecule has 0 aromatic heterocycles. The molecule has 0 aliphatic carbocycles. The van der Waals surface area contributed by atoms with Gasteiger partial charge in [-0.2, -0.15) is 26.3 Å². The third kappa shape index (κ3) is 6.05. The summed E-state index contributed by atoms with van der Waals surface area (Å²) < 4.78 is 92.3. The first-order chi connectivity index (χ1) is 30.5.